The van der Waals surface area contributed by atoms with E-state index in [2.05, 4.69) is 20.5 Å². The normalized spacial score (nSPS) is 10.6. The molecule has 0 aliphatic rings. The molecule has 1 N–H and O–H groups in total. The van der Waals surface area contributed by atoms with E-state index in [9.17, 15) is 4.79 Å². The monoisotopic (exact) mass is 417 g/mol. The lowest BCUT2D eigenvalue weighted by Gasteiger charge is -2.09. The first-order valence-corrected chi connectivity index (χ1v) is 10.1. The molecule has 0 aliphatic heterocycles. The number of ether oxygens (including phenoxy) is 1. The number of hydrogen-bond donors (Lipinski definition) is 1. The minimum atomic E-state index is -0.0826. The van der Waals surface area contributed by atoms with Gasteiger partial charge in [-0.1, -0.05) is 23.4 Å². The number of rotatable bonds is 9. The molecule has 28 heavy (non-hydrogen) atoms. The van der Waals surface area contributed by atoms with Gasteiger partial charge < -0.3 is 14.6 Å². The number of nitrogens with zero attached hydrogens (tertiary/aromatic N) is 4. The van der Waals surface area contributed by atoms with Gasteiger partial charge in [-0.15, -0.1) is 10.2 Å². The summed E-state index contributed by atoms with van der Waals surface area (Å²) in [6, 6.07) is 10.9. The van der Waals surface area contributed by atoms with Crippen molar-refractivity contribution in [1.82, 2.24) is 25.1 Å². The predicted molar refractivity (Wildman–Crippen MR) is 110 cm³/mol. The second kappa shape index (κ2) is 10.1. The molecule has 0 saturated heterocycles. The zero-order valence-electron chi connectivity index (χ0n) is 15.3. The molecule has 0 saturated carbocycles. The number of amides is 1. The van der Waals surface area contributed by atoms with Crippen molar-refractivity contribution in [2.24, 2.45) is 0 Å². The van der Waals surface area contributed by atoms with E-state index in [0.717, 1.165) is 11.4 Å². The van der Waals surface area contributed by atoms with Crippen molar-refractivity contribution in [3.8, 4) is 17.1 Å². The van der Waals surface area contributed by atoms with E-state index in [-0.39, 0.29) is 11.7 Å². The molecule has 2 aromatic heterocycles. The van der Waals surface area contributed by atoms with Crippen LogP contribution in [0.3, 0.4) is 0 Å². The summed E-state index contributed by atoms with van der Waals surface area (Å²) in [7, 11) is 0. The zero-order chi connectivity index (χ0) is 19.8. The highest BCUT2D eigenvalue weighted by atomic mass is 35.5. The van der Waals surface area contributed by atoms with Crippen LogP contribution in [0.4, 0.5) is 0 Å². The zero-order valence-corrected chi connectivity index (χ0v) is 16.9. The summed E-state index contributed by atoms with van der Waals surface area (Å²) in [5.41, 5.74) is 0.944. The second-order valence-electron chi connectivity index (χ2n) is 5.73. The van der Waals surface area contributed by atoms with E-state index in [4.69, 9.17) is 16.3 Å². The third-order valence-electron chi connectivity index (χ3n) is 3.81. The van der Waals surface area contributed by atoms with E-state index in [1.54, 1.807) is 36.7 Å². The lowest BCUT2D eigenvalue weighted by Crippen LogP contribution is -2.29. The first-order valence-electron chi connectivity index (χ1n) is 8.79. The molecule has 0 radical (unpaired) electrons. The third kappa shape index (κ3) is 5.46. The van der Waals surface area contributed by atoms with Gasteiger partial charge in [0.2, 0.25) is 5.91 Å². The van der Waals surface area contributed by atoms with E-state index in [0.29, 0.717) is 35.6 Å². The minimum absolute atomic E-state index is 0.0826. The lowest BCUT2D eigenvalue weighted by atomic mass is 10.2. The Morgan fingerprint density at radius 2 is 1.93 bits per heavy atom. The SMILES string of the molecule is CCn1c(SCC(=O)NCCOc2ccc(Cl)cc2)nnc1-c1ccncc1. The Kier molecular flexibility index (Phi) is 7.27. The molecule has 2 heterocycles. The molecule has 9 heteroatoms. The van der Waals surface area contributed by atoms with Crippen LogP contribution in [0.25, 0.3) is 11.4 Å². The Hall–Kier alpha value is -2.58. The van der Waals surface area contributed by atoms with Crippen molar-refractivity contribution in [2.75, 3.05) is 18.9 Å². The van der Waals surface area contributed by atoms with E-state index in [1.807, 2.05) is 23.6 Å². The van der Waals surface area contributed by atoms with Gasteiger partial charge in [-0.05, 0) is 43.3 Å². The molecule has 0 fully saturated rings. The van der Waals surface area contributed by atoms with Crippen LogP contribution in [0.5, 0.6) is 5.75 Å². The number of halogens is 1. The fraction of sp³-hybridized carbons (Fsp3) is 0.263. The number of nitrogens with one attached hydrogen (secondary N) is 1. The maximum atomic E-state index is 12.1. The van der Waals surface area contributed by atoms with Crippen molar-refractivity contribution in [1.29, 1.82) is 0 Å². The molecule has 0 spiro atoms. The van der Waals surface area contributed by atoms with E-state index < -0.39 is 0 Å². The van der Waals surface area contributed by atoms with Crippen LogP contribution in [0.15, 0.2) is 53.9 Å². The van der Waals surface area contributed by atoms with Crippen LogP contribution in [-0.4, -0.2) is 44.6 Å². The van der Waals surface area contributed by atoms with Crippen molar-refractivity contribution < 1.29 is 9.53 Å². The van der Waals surface area contributed by atoms with Gasteiger partial charge in [0.1, 0.15) is 12.4 Å². The van der Waals surface area contributed by atoms with Crippen molar-refractivity contribution in [2.45, 2.75) is 18.6 Å². The second-order valence-corrected chi connectivity index (χ2v) is 7.11. The molecule has 3 rings (SSSR count). The highest BCUT2D eigenvalue weighted by Crippen LogP contribution is 2.23. The Morgan fingerprint density at radius 1 is 1.18 bits per heavy atom. The third-order valence-corrected chi connectivity index (χ3v) is 5.03. The largest absolute Gasteiger partial charge is 0.492 e. The number of aromatic nitrogens is 4. The number of benzene rings is 1. The van der Waals surface area contributed by atoms with Crippen LogP contribution in [0, 0.1) is 0 Å². The Morgan fingerprint density at radius 3 is 2.64 bits per heavy atom. The minimum Gasteiger partial charge on any atom is -0.492 e. The molecular formula is C19H20ClN5O2S. The van der Waals surface area contributed by atoms with E-state index in [1.165, 1.54) is 11.8 Å². The van der Waals surface area contributed by atoms with Gasteiger partial charge in [-0.3, -0.25) is 9.78 Å². The predicted octanol–water partition coefficient (Wildman–Crippen LogP) is 3.30. The summed E-state index contributed by atoms with van der Waals surface area (Å²) in [5, 5.41) is 12.7. The lowest BCUT2D eigenvalue weighted by molar-refractivity contribution is -0.118. The highest BCUT2D eigenvalue weighted by molar-refractivity contribution is 7.99. The molecule has 7 nitrogen and oxygen atoms in total. The van der Waals surface area contributed by atoms with Crippen molar-refractivity contribution in [3.05, 3.63) is 53.8 Å². The summed E-state index contributed by atoms with van der Waals surface area (Å²) in [4.78, 5) is 16.1. The van der Waals surface area contributed by atoms with Gasteiger partial charge in [0, 0.05) is 29.5 Å². The molecule has 0 unspecified atom stereocenters. The summed E-state index contributed by atoms with van der Waals surface area (Å²) < 4.78 is 7.53. The number of hydrogen-bond acceptors (Lipinski definition) is 6. The molecule has 0 aliphatic carbocycles. The molecule has 0 atom stereocenters. The van der Waals surface area contributed by atoms with Gasteiger partial charge in [0.25, 0.3) is 0 Å². The molecule has 1 amide bonds. The number of carbonyl (C=O) groups excluding carboxylic acids is 1. The van der Waals surface area contributed by atoms with Crippen LogP contribution in [0.2, 0.25) is 5.02 Å². The molecule has 146 valence electrons. The van der Waals surface area contributed by atoms with Gasteiger partial charge in [-0.2, -0.15) is 0 Å². The fourth-order valence-corrected chi connectivity index (χ4v) is 3.42. The number of carbonyl (C=O) groups is 1. The van der Waals surface area contributed by atoms with Crippen LogP contribution < -0.4 is 10.1 Å². The first kappa shape index (κ1) is 20.2. The maximum Gasteiger partial charge on any atom is 0.230 e. The quantitative estimate of drug-likeness (QED) is 0.425. The fourth-order valence-electron chi connectivity index (χ4n) is 2.47. The van der Waals surface area contributed by atoms with Gasteiger partial charge in [-0.25, -0.2) is 0 Å². The van der Waals surface area contributed by atoms with Crippen LogP contribution >= 0.6 is 23.4 Å². The Bertz CT molecular complexity index is 902. The van der Waals surface area contributed by atoms with Crippen molar-refractivity contribution >= 4 is 29.3 Å². The Balaban J connectivity index is 1.45. The van der Waals surface area contributed by atoms with Gasteiger partial charge >= 0.3 is 0 Å². The molecule has 3 aromatic rings. The van der Waals surface area contributed by atoms with Crippen LogP contribution in [0.1, 0.15) is 6.92 Å². The molecule has 0 bridgehead atoms. The van der Waals surface area contributed by atoms with Gasteiger partial charge in [0.15, 0.2) is 11.0 Å². The maximum absolute atomic E-state index is 12.1. The summed E-state index contributed by atoms with van der Waals surface area (Å²) >= 11 is 7.19. The topological polar surface area (TPSA) is 81.9 Å². The van der Waals surface area contributed by atoms with E-state index >= 15 is 0 Å². The molecular weight excluding hydrogens is 398 g/mol. The summed E-state index contributed by atoms with van der Waals surface area (Å²) in [6.07, 6.45) is 3.44. The first-order chi connectivity index (χ1) is 13.7. The van der Waals surface area contributed by atoms with Crippen LogP contribution in [-0.2, 0) is 11.3 Å². The number of pyridine rings is 1. The standard InChI is InChI=1S/C19H20ClN5O2S/c1-2-25-18(14-7-9-21-10-8-14)23-24-19(25)28-13-17(26)22-11-12-27-16-5-3-15(20)4-6-16/h3-10H,2,11-13H2,1H3,(H,22,26). The Labute approximate surface area is 172 Å². The smallest absolute Gasteiger partial charge is 0.230 e. The number of thioether (sulfide) groups is 1. The average molecular weight is 418 g/mol. The average Bonchev–Trinajstić information content (AvgIpc) is 3.14. The van der Waals surface area contributed by atoms with Gasteiger partial charge in [0.05, 0.1) is 12.3 Å². The highest BCUT2D eigenvalue weighted by Gasteiger charge is 2.14. The van der Waals surface area contributed by atoms with Crippen molar-refractivity contribution in [3.63, 3.8) is 0 Å². The summed E-state index contributed by atoms with van der Waals surface area (Å²) in [6.45, 7) is 3.54. The molecule has 1 aromatic carbocycles. The summed E-state index contributed by atoms with van der Waals surface area (Å²) in [5.74, 6) is 1.66.